The summed E-state index contributed by atoms with van der Waals surface area (Å²) in [7, 11) is 1.60. The first-order valence-corrected chi connectivity index (χ1v) is 6.31. The van der Waals surface area contributed by atoms with Crippen LogP contribution in [0.4, 0.5) is 16.2 Å². The van der Waals surface area contributed by atoms with Crippen LogP contribution in [0.2, 0.25) is 0 Å². The van der Waals surface area contributed by atoms with Crippen LogP contribution in [0.25, 0.3) is 0 Å². The van der Waals surface area contributed by atoms with Crippen LogP contribution >= 0.6 is 0 Å². The van der Waals surface area contributed by atoms with Crippen molar-refractivity contribution in [3.63, 3.8) is 0 Å². The minimum atomic E-state index is -0.450. The number of urea groups is 1. The molecule has 2 aromatic rings. The molecule has 0 saturated heterocycles. The molecule has 2 N–H and O–H groups in total. The smallest absolute Gasteiger partial charge is 0.317 e. The molecule has 1 heterocycles. The molecule has 0 aliphatic rings. The zero-order valence-electron chi connectivity index (χ0n) is 11.7. The van der Waals surface area contributed by atoms with Gasteiger partial charge in [-0.05, 0) is 25.1 Å². The standard InChI is InChI=1S/C15H15N3O3/c1-10(19)11-4-3-5-12(8-11)16-15(21)17-13-6-7-14(20)18(2)9-13/h3-9H,1-2H3,(H2,16,17,21). The summed E-state index contributed by atoms with van der Waals surface area (Å²) in [5.41, 5.74) is 1.38. The summed E-state index contributed by atoms with van der Waals surface area (Å²) in [5.74, 6) is -0.0721. The van der Waals surface area contributed by atoms with Crippen LogP contribution in [0.5, 0.6) is 0 Å². The molecule has 0 radical (unpaired) electrons. The number of rotatable bonds is 3. The molecule has 6 nitrogen and oxygen atoms in total. The van der Waals surface area contributed by atoms with Crippen molar-refractivity contribution < 1.29 is 9.59 Å². The van der Waals surface area contributed by atoms with Crippen LogP contribution in [-0.2, 0) is 7.05 Å². The molecule has 108 valence electrons. The van der Waals surface area contributed by atoms with Gasteiger partial charge in [-0.2, -0.15) is 0 Å². The third-order valence-electron chi connectivity index (χ3n) is 2.87. The largest absolute Gasteiger partial charge is 0.323 e. The van der Waals surface area contributed by atoms with E-state index in [4.69, 9.17) is 0 Å². The van der Waals surface area contributed by atoms with Crippen molar-refractivity contribution in [2.75, 3.05) is 10.6 Å². The molecule has 0 aliphatic heterocycles. The topological polar surface area (TPSA) is 80.2 Å². The van der Waals surface area contributed by atoms with Gasteiger partial charge < -0.3 is 15.2 Å². The molecule has 0 atom stereocenters. The number of Topliss-reactive ketones (excluding diaryl/α,β-unsaturated/α-hetero) is 1. The molecule has 2 amide bonds. The van der Waals surface area contributed by atoms with Crippen molar-refractivity contribution in [3.8, 4) is 0 Å². The average molecular weight is 285 g/mol. The van der Waals surface area contributed by atoms with E-state index in [-0.39, 0.29) is 11.3 Å². The Bertz CT molecular complexity index is 750. The molecule has 0 fully saturated rings. The first kappa shape index (κ1) is 14.5. The molecule has 1 aromatic carbocycles. The Kier molecular flexibility index (Phi) is 4.18. The number of hydrogen-bond donors (Lipinski definition) is 2. The van der Waals surface area contributed by atoms with E-state index < -0.39 is 6.03 Å². The maximum atomic E-state index is 11.9. The molecule has 0 aliphatic carbocycles. The van der Waals surface area contributed by atoms with Crippen LogP contribution in [0.1, 0.15) is 17.3 Å². The van der Waals surface area contributed by atoms with E-state index in [0.29, 0.717) is 16.9 Å². The molecule has 0 unspecified atom stereocenters. The number of nitrogens with zero attached hydrogens (tertiary/aromatic N) is 1. The van der Waals surface area contributed by atoms with Crippen molar-refractivity contribution in [2.24, 2.45) is 7.05 Å². The fourth-order valence-electron chi connectivity index (χ4n) is 1.78. The second kappa shape index (κ2) is 6.04. The number of pyridine rings is 1. The van der Waals surface area contributed by atoms with Gasteiger partial charge in [-0.25, -0.2) is 4.79 Å². The molecular weight excluding hydrogens is 270 g/mol. The maximum absolute atomic E-state index is 11.9. The van der Waals surface area contributed by atoms with Crippen LogP contribution < -0.4 is 16.2 Å². The Labute approximate surface area is 121 Å². The van der Waals surface area contributed by atoms with E-state index in [9.17, 15) is 14.4 Å². The molecule has 6 heteroatoms. The lowest BCUT2D eigenvalue weighted by atomic mass is 10.1. The van der Waals surface area contributed by atoms with Crippen LogP contribution in [-0.4, -0.2) is 16.4 Å². The summed E-state index contributed by atoms with van der Waals surface area (Å²) >= 11 is 0. The van der Waals surface area contributed by atoms with Crippen molar-refractivity contribution >= 4 is 23.2 Å². The first-order chi connectivity index (χ1) is 9.95. The molecule has 21 heavy (non-hydrogen) atoms. The Morgan fingerprint density at radius 1 is 1.05 bits per heavy atom. The van der Waals surface area contributed by atoms with E-state index >= 15 is 0 Å². The fourth-order valence-corrected chi connectivity index (χ4v) is 1.78. The second-order valence-corrected chi connectivity index (χ2v) is 4.58. The number of hydrogen-bond acceptors (Lipinski definition) is 3. The number of carbonyl (C=O) groups is 2. The molecule has 0 saturated carbocycles. The lowest BCUT2D eigenvalue weighted by molar-refractivity contribution is 0.101. The van der Waals surface area contributed by atoms with Crippen molar-refractivity contribution in [1.82, 2.24) is 4.57 Å². The van der Waals surface area contributed by atoms with Gasteiger partial charge in [0.2, 0.25) is 5.56 Å². The molecule has 1 aromatic heterocycles. The summed E-state index contributed by atoms with van der Waals surface area (Å²) in [4.78, 5) is 34.4. The highest BCUT2D eigenvalue weighted by molar-refractivity contribution is 6.01. The predicted octanol–water partition coefficient (Wildman–Crippen LogP) is 2.23. The van der Waals surface area contributed by atoms with Crippen molar-refractivity contribution in [2.45, 2.75) is 6.92 Å². The van der Waals surface area contributed by atoms with Gasteiger partial charge in [0.05, 0.1) is 5.69 Å². The minimum Gasteiger partial charge on any atom is -0.317 e. The fraction of sp³-hybridized carbons (Fsp3) is 0.133. The zero-order valence-corrected chi connectivity index (χ0v) is 11.7. The molecule has 2 rings (SSSR count). The van der Waals surface area contributed by atoms with E-state index in [0.717, 1.165) is 0 Å². The van der Waals surface area contributed by atoms with E-state index in [1.807, 2.05) is 0 Å². The lowest BCUT2D eigenvalue weighted by Crippen LogP contribution is -2.22. The number of aryl methyl sites for hydroxylation is 1. The highest BCUT2D eigenvalue weighted by atomic mass is 16.2. The normalized spacial score (nSPS) is 10.0. The van der Waals surface area contributed by atoms with Gasteiger partial charge in [0.1, 0.15) is 0 Å². The summed E-state index contributed by atoms with van der Waals surface area (Å²) in [6, 6.07) is 9.10. The summed E-state index contributed by atoms with van der Waals surface area (Å²) in [5, 5.41) is 5.24. The third-order valence-corrected chi connectivity index (χ3v) is 2.87. The maximum Gasteiger partial charge on any atom is 0.323 e. The van der Waals surface area contributed by atoms with Gasteiger partial charge in [0.15, 0.2) is 5.78 Å². The molecular formula is C15H15N3O3. The second-order valence-electron chi connectivity index (χ2n) is 4.58. The lowest BCUT2D eigenvalue weighted by Gasteiger charge is -2.09. The Hall–Kier alpha value is -2.89. The minimum absolute atomic E-state index is 0.0721. The van der Waals surface area contributed by atoms with Crippen LogP contribution in [0.3, 0.4) is 0 Å². The summed E-state index contributed by atoms with van der Waals surface area (Å²) in [6.45, 7) is 1.46. The number of aromatic nitrogens is 1. The zero-order chi connectivity index (χ0) is 15.4. The van der Waals surface area contributed by atoms with Crippen molar-refractivity contribution in [1.29, 1.82) is 0 Å². The Balaban J connectivity index is 2.07. The number of carbonyl (C=O) groups excluding carboxylic acids is 2. The number of benzene rings is 1. The van der Waals surface area contributed by atoms with E-state index in [2.05, 4.69) is 10.6 Å². The highest BCUT2D eigenvalue weighted by Gasteiger charge is 2.05. The summed E-state index contributed by atoms with van der Waals surface area (Å²) in [6.07, 6.45) is 1.52. The number of ketones is 1. The Morgan fingerprint density at radius 3 is 2.43 bits per heavy atom. The quantitative estimate of drug-likeness (QED) is 0.849. The van der Waals surface area contributed by atoms with E-state index in [1.54, 1.807) is 31.3 Å². The van der Waals surface area contributed by atoms with Gasteiger partial charge in [0, 0.05) is 30.6 Å². The van der Waals surface area contributed by atoms with Gasteiger partial charge in [-0.3, -0.25) is 9.59 Å². The SMILES string of the molecule is CC(=O)c1cccc(NC(=O)Nc2ccc(=O)n(C)c2)c1. The number of amides is 2. The Morgan fingerprint density at radius 2 is 1.76 bits per heavy atom. The molecule has 0 spiro atoms. The van der Waals surface area contributed by atoms with Gasteiger partial charge >= 0.3 is 6.03 Å². The average Bonchev–Trinajstić information content (AvgIpc) is 2.43. The van der Waals surface area contributed by atoms with E-state index in [1.165, 1.54) is 29.8 Å². The van der Waals surface area contributed by atoms with Gasteiger partial charge in [0.25, 0.3) is 0 Å². The third kappa shape index (κ3) is 3.79. The van der Waals surface area contributed by atoms with Gasteiger partial charge in [-0.1, -0.05) is 12.1 Å². The van der Waals surface area contributed by atoms with Crippen LogP contribution in [0, 0.1) is 0 Å². The van der Waals surface area contributed by atoms with Crippen molar-refractivity contribution in [3.05, 3.63) is 58.5 Å². The van der Waals surface area contributed by atoms with Crippen LogP contribution in [0.15, 0.2) is 47.4 Å². The highest BCUT2D eigenvalue weighted by Crippen LogP contribution is 2.12. The first-order valence-electron chi connectivity index (χ1n) is 6.31. The molecule has 0 bridgehead atoms. The number of nitrogens with one attached hydrogen (secondary N) is 2. The predicted molar refractivity (Wildman–Crippen MR) is 80.8 cm³/mol. The monoisotopic (exact) mass is 285 g/mol. The number of anilines is 2. The van der Waals surface area contributed by atoms with Gasteiger partial charge in [-0.15, -0.1) is 0 Å². The summed E-state index contributed by atoms with van der Waals surface area (Å²) < 4.78 is 1.37.